The van der Waals surface area contributed by atoms with Crippen molar-refractivity contribution in [3.8, 4) is 5.75 Å². The number of hydrogen-bond donors (Lipinski definition) is 1. The summed E-state index contributed by atoms with van der Waals surface area (Å²) in [7, 11) is 0. The zero-order valence-corrected chi connectivity index (χ0v) is 14.7. The molecule has 1 N–H and O–H groups in total. The number of rotatable bonds is 6. The third-order valence-corrected chi connectivity index (χ3v) is 3.83. The van der Waals surface area contributed by atoms with Gasteiger partial charge in [-0.1, -0.05) is 42.5 Å². The van der Waals surface area contributed by atoms with E-state index in [1.165, 1.54) is 6.08 Å². The van der Waals surface area contributed by atoms with Gasteiger partial charge in [0.25, 0.3) is 0 Å². The van der Waals surface area contributed by atoms with E-state index in [1.807, 2.05) is 30.3 Å². The highest BCUT2D eigenvalue weighted by Gasteiger charge is 2.14. The van der Waals surface area contributed by atoms with Gasteiger partial charge in [0.1, 0.15) is 12.4 Å². The van der Waals surface area contributed by atoms with E-state index in [0.717, 1.165) is 23.8 Å². The summed E-state index contributed by atoms with van der Waals surface area (Å²) in [5.74, 6) is -4.46. The monoisotopic (exact) mass is 383 g/mol. The SMILES string of the molecule is O=C(/C=C/c1cccc(OCc2ccccc2)c1)Nc1ccc(F)c(F)c1F. The average molecular weight is 383 g/mol. The van der Waals surface area contributed by atoms with Crippen LogP contribution in [0.15, 0.2) is 72.8 Å². The molecular weight excluding hydrogens is 367 g/mol. The first kappa shape index (κ1) is 19.2. The van der Waals surface area contributed by atoms with Crippen molar-refractivity contribution in [2.45, 2.75) is 6.61 Å². The second kappa shape index (κ2) is 8.90. The Bertz CT molecular complexity index is 1000. The molecule has 0 aliphatic rings. The minimum atomic E-state index is -1.63. The molecule has 0 fully saturated rings. The zero-order valence-electron chi connectivity index (χ0n) is 14.7. The first-order valence-electron chi connectivity index (χ1n) is 8.42. The Labute approximate surface area is 160 Å². The maximum absolute atomic E-state index is 13.6. The third-order valence-electron chi connectivity index (χ3n) is 3.83. The summed E-state index contributed by atoms with van der Waals surface area (Å²) < 4.78 is 45.4. The molecule has 28 heavy (non-hydrogen) atoms. The van der Waals surface area contributed by atoms with Gasteiger partial charge >= 0.3 is 0 Å². The van der Waals surface area contributed by atoms with Gasteiger partial charge < -0.3 is 10.1 Å². The minimum Gasteiger partial charge on any atom is -0.489 e. The smallest absolute Gasteiger partial charge is 0.248 e. The van der Waals surface area contributed by atoms with Crippen LogP contribution in [0.5, 0.6) is 5.75 Å². The molecule has 6 heteroatoms. The molecule has 0 saturated heterocycles. The molecule has 3 rings (SSSR count). The van der Waals surface area contributed by atoms with Gasteiger partial charge in [-0.05, 0) is 41.5 Å². The molecule has 0 aliphatic heterocycles. The van der Waals surface area contributed by atoms with Crippen molar-refractivity contribution in [2.75, 3.05) is 5.32 Å². The summed E-state index contributed by atoms with van der Waals surface area (Å²) in [6, 6.07) is 18.4. The van der Waals surface area contributed by atoms with Crippen molar-refractivity contribution in [3.63, 3.8) is 0 Å². The maximum atomic E-state index is 13.6. The van der Waals surface area contributed by atoms with E-state index < -0.39 is 29.0 Å². The van der Waals surface area contributed by atoms with Crippen LogP contribution in [0.25, 0.3) is 6.08 Å². The molecule has 1 amide bonds. The molecule has 0 radical (unpaired) electrons. The summed E-state index contributed by atoms with van der Waals surface area (Å²) >= 11 is 0. The first-order chi connectivity index (χ1) is 13.5. The van der Waals surface area contributed by atoms with Gasteiger partial charge in [0.05, 0.1) is 5.69 Å². The molecule has 142 valence electrons. The topological polar surface area (TPSA) is 38.3 Å². The maximum Gasteiger partial charge on any atom is 0.248 e. The highest BCUT2D eigenvalue weighted by molar-refractivity contribution is 6.02. The number of carbonyl (C=O) groups is 1. The molecule has 0 spiro atoms. The van der Waals surface area contributed by atoms with Crippen LogP contribution < -0.4 is 10.1 Å². The van der Waals surface area contributed by atoms with Crippen LogP contribution in [-0.2, 0) is 11.4 Å². The summed E-state index contributed by atoms with van der Waals surface area (Å²) in [6.45, 7) is 0.407. The van der Waals surface area contributed by atoms with E-state index in [4.69, 9.17) is 4.74 Å². The van der Waals surface area contributed by atoms with Crippen LogP contribution in [0.3, 0.4) is 0 Å². The quantitative estimate of drug-likeness (QED) is 0.461. The number of anilines is 1. The number of hydrogen-bond acceptors (Lipinski definition) is 2. The number of carbonyl (C=O) groups excluding carboxylic acids is 1. The Balaban J connectivity index is 1.62. The molecule has 0 aromatic heterocycles. The zero-order chi connectivity index (χ0) is 19.9. The normalized spacial score (nSPS) is 10.8. The predicted molar refractivity (Wildman–Crippen MR) is 101 cm³/mol. The van der Waals surface area contributed by atoms with Crippen molar-refractivity contribution >= 4 is 17.7 Å². The lowest BCUT2D eigenvalue weighted by atomic mass is 10.2. The van der Waals surface area contributed by atoms with Gasteiger partial charge in [-0.25, -0.2) is 13.2 Å². The van der Waals surface area contributed by atoms with Crippen LogP contribution in [0.1, 0.15) is 11.1 Å². The van der Waals surface area contributed by atoms with Crippen LogP contribution >= 0.6 is 0 Å². The van der Waals surface area contributed by atoms with Gasteiger partial charge in [0.2, 0.25) is 5.91 Å². The molecule has 3 nitrogen and oxygen atoms in total. The largest absolute Gasteiger partial charge is 0.489 e. The second-order valence-electron chi connectivity index (χ2n) is 5.89. The Morgan fingerprint density at radius 1 is 0.929 bits per heavy atom. The van der Waals surface area contributed by atoms with Crippen LogP contribution in [0, 0.1) is 17.5 Å². The lowest BCUT2D eigenvalue weighted by Gasteiger charge is -2.07. The Hall–Kier alpha value is -3.54. The average Bonchev–Trinajstić information content (AvgIpc) is 2.72. The van der Waals surface area contributed by atoms with Crippen molar-refractivity contribution in [1.29, 1.82) is 0 Å². The third kappa shape index (κ3) is 5.01. The molecule has 0 atom stereocenters. The fourth-order valence-electron chi connectivity index (χ4n) is 2.42. The van der Waals surface area contributed by atoms with Gasteiger partial charge in [0, 0.05) is 6.08 Å². The van der Waals surface area contributed by atoms with E-state index in [2.05, 4.69) is 5.32 Å². The van der Waals surface area contributed by atoms with Gasteiger partial charge in [-0.15, -0.1) is 0 Å². The summed E-state index contributed by atoms with van der Waals surface area (Å²) in [6.07, 6.45) is 2.67. The van der Waals surface area contributed by atoms with Crippen LogP contribution in [0.2, 0.25) is 0 Å². The fraction of sp³-hybridized carbons (Fsp3) is 0.0455. The second-order valence-corrected chi connectivity index (χ2v) is 5.89. The molecular formula is C22H16F3NO2. The van der Waals surface area contributed by atoms with Crippen molar-refractivity contribution in [2.24, 2.45) is 0 Å². The highest BCUT2D eigenvalue weighted by atomic mass is 19.2. The number of nitrogens with one attached hydrogen (secondary N) is 1. The molecule has 0 bridgehead atoms. The molecule has 0 aliphatic carbocycles. The number of benzene rings is 3. The molecule has 0 heterocycles. The Morgan fingerprint density at radius 3 is 2.50 bits per heavy atom. The van der Waals surface area contributed by atoms with Crippen LogP contribution in [0.4, 0.5) is 18.9 Å². The van der Waals surface area contributed by atoms with Crippen molar-refractivity contribution < 1.29 is 22.7 Å². The summed E-state index contributed by atoms with van der Waals surface area (Å²) in [5.41, 5.74) is 1.27. The summed E-state index contributed by atoms with van der Waals surface area (Å²) in [5, 5.41) is 2.17. The van der Waals surface area contributed by atoms with Crippen LogP contribution in [-0.4, -0.2) is 5.91 Å². The lowest BCUT2D eigenvalue weighted by molar-refractivity contribution is -0.111. The number of halogens is 3. The molecule has 3 aromatic carbocycles. The number of ether oxygens (including phenoxy) is 1. The van der Waals surface area contributed by atoms with E-state index in [-0.39, 0.29) is 0 Å². The summed E-state index contributed by atoms with van der Waals surface area (Å²) in [4.78, 5) is 11.9. The molecule has 0 saturated carbocycles. The van der Waals surface area contributed by atoms with E-state index in [0.29, 0.717) is 17.9 Å². The molecule has 3 aromatic rings. The van der Waals surface area contributed by atoms with Gasteiger partial charge in [-0.2, -0.15) is 0 Å². The predicted octanol–water partition coefficient (Wildman–Crippen LogP) is 5.33. The standard InChI is InChI=1S/C22H16F3NO2/c23-18-10-11-19(22(25)21(18)24)26-20(27)12-9-15-7-4-8-17(13-15)28-14-16-5-2-1-3-6-16/h1-13H,14H2,(H,26,27)/b12-9+. The van der Waals surface area contributed by atoms with E-state index in [1.54, 1.807) is 24.3 Å². The minimum absolute atomic E-state index is 0.407. The van der Waals surface area contributed by atoms with Crippen molar-refractivity contribution in [3.05, 3.63) is 101 Å². The van der Waals surface area contributed by atoms with Gasteiger partial charge in [-0.3, -0.25) is 4.79 Å². The van der Waals surface area contributed by atoms with Gasteiger partial charge in [0.15, 0.2) is 17.5 Å². The Morgan fingerprint density at radius 2 is 1.71 bits per heavy atom. The highest BCUT2D eigenvalue weighted by Crippen LogP contribution is 2.20. The lowest BCUT2D eigenvalue weighted by Crippen LogP contribution is -2.10. The fourth-order valence-corrected chi connectivity index (χ4v) is 2.42. The van der Waals surface area contributed by atoms with E-state index >= 15 is 0 Å². The number of amides is 1. The van der Waals surface area contributed by atoms with Crippen molar-refractivity contribution in [1.82, 2.24) is 0 Å². The van der Waals surface area contributed by atoms with E-state index in [9.17, 15) is 18.0 Å². The Kier molecular flexibility index (Phi) is 6.11. The molecule has 0 unspecified atom stereocenters. The first-order valence-corrected chi connectivity index (χ1v) is 8.42.